The van der Waals surface area contributed by atoms with Crippen molar-refractivity contribution in [2.75, 3.05) is 0 Å². The second-order valence-corrected chi connectivity index (χ2v) is 8.09. The summed E-state index contributed by atoms with van der Waals surface area (Å²) in [5, 5.41) is 15.6. The largest absolute Gasteiger partial charge is 0.411 e. The van der Waals surface area contributed by atoms with Gasteiger partial charge in [0.05, 0.1) is 6.21 Å². The molecule has 4 nitrogen and oxygen atoms in total. The Morgan fingerprint density at radius 1 is 1.28 bits per heavy atom. The first-order valence-electron chi connectivity index (χ1n) is 9.25. The van der Waals surface area contributed by atoms with E-state index < -0.39 is 0 Å². The number of nitrogens with zero attached hydrogens (tertiary/aromatic N) is 1. The number of carbonyl (C=O) groups excluding carboxylic acids is 1. The van der Waals surface area contributed by atoms with Gasteiger partial charge in [0.15, 0.2) is 5.78 Å². The van der Waals surface area contributed by atoms with Crippen molar-refractivity contribution in [1.29, 1.82) is 0 Å². The molecule has 0 unspecified atom stereocenters. The Kier molecular flexibility index (Phi) is 4.98. The van der Waals surface area contributed by atoms with E-state index in [1.165, 1.54) is 18.2 Å². The molecule has 0 radical (unpaired) electrons. The van der Waals surface area contributed by atoms with E-state index in [0.717, 1.165) is 54.5 Å². The monoisotopic (exact) mass is 340 g/mol. The molecule has 1 fully saturated rings. The minimum absolute atomic E-state index is 0.0926. The summed E-state index contributed by atoms with van der Waals surface area (Å²) in [6.45, 7) is 6.34. The Morgan fingerprint density at radius 2 is 2.00 bits per heavy atom. The van der Waals surface area contributed by atoms with Gasteiger partial charge in [-0.05, 0) is 62.8 Å². The van der Waals surface area contributed by atoms with Crippen LogP contribution in [0.5, 0.6) is 0 Å². The van der Waals surface area contributed by atoms with Crippen molar-refractivity contribution < 1.29 is 10.0 Å². The predicted octanol–water partition coefficient (Wildman–Crippen LogP) is 4.22. The number of hydrogen-bond donors (Lipinski definition) is 2. The maximum absolute atomic E-state index is 12.8. The normalized spacial score (nSPS) is 22.0. The van der Waals surface area contributed by atoms with Crippen LogP contribution in [0.4, 0.5) is 0 Å². The molecule has 4 heteroatoms. The molecule has 1 heterocycles. The number of benzene rings is 1. The van der Waals surface area contributed by atoms with Crippen LogP contribution in [-0.4, -0.2) is 22.7 Å². The molecule has 1 aromatic carbocycles. The molecule has 0 bridgehead atoms. The van der Waals surface area contributed by atoms with Gasteiger partial charge < -0.3 is 10.5 Å². The van der Waals surface area contributed by atoms with E-state index in [1.807, 2.05) is 19.1 Å². The van der Waals surface area contributed by atoms with E-state index in [0.29, 0.717) is 0 Å². The summed E-state index contributed by atoms with van der Waals surface area (Å²) in [5.74, 6) is 0.407. The summed E-state index contributed by atoms with van der Waals surface area (Å²) in [6, 6.07) is 4.17. The SMILES string of the molecule is Cc1cc2c(cc1C=NO)/C(=C/C(=O)C1CCCCC1)NC(C)(C)C2. The molecule has 0 amide bonds. The van der Waals surface area contributed by atoms with E-state index in [9.17, 15) is 4.79 Å². The molecule has 0 atom stereocenters. The number of allylic oxidation sites excluding steroid dienone is 1. The highest BCUT2D eigenvalue weighted by Crippen LogP contribution is 2.33. The van der Waals surface area contributed by atoms with E-state index in [1.54, 1.807) is 0 Å². The van der Waals surface area contributed by atoms with Crippen LogP contribution < -0.4 is 5.32 Å². The third kappa shape index (κ3) is 3.94. The first kappa shape index (κ1) is 17.7. The van der Waals surface area contributed by atoms with Gasteiger partial charge >= 0.3 is 0 Å². The molecule has 2 aliphatic rings. The lowest BCUT2D eigenvalue weighted by Gasteiger charge is -2.36. The fourth-order valence-electron chi connectivity index (χ4n) is 4.10. The maximum Gasteiger partial charge on any atom is 0.160 e. The second kappa shape index (κ2) is 7.03. The molecule has 3 rings (SSSR count). The van der Waals surface area contributed by atoms with Crippen molar-refractivity contribution in [3.8, 4) is 0 Å². The summed E-state index contributed by atoms with van der Waals surface area (Å²) >= 11 is 0. The van der Waals surface area contributed by atoms with Crippen LogP contribution >= 0.6 is 0 Å². The molecule has 1 saturated carbocycles. The summed E-state index contributed by atoms with van der Waals surface area (Å²) in [5.41, 5.74) is 5.04. The van der Waals surface area contributed by atoms with Crippen LogP contribution in [0.1, 0.15) is 68.2 Å². The fourth-order valence-corrected chi connectivity index (χ4v) is 4.10. The van der Waals surface area contributed by atoms with Crippen molar-refractivity contribution in [3.63, 3.8) is 0 Å². The molecule has 1 aliphatic carbocycles. The van der Waals surface area contributed by atoms with Crippen molar-refractivity contribution in [2.24, 2.45) is 11.1 Å². The zero-order valence-electron chi connectivity index (χ0n) is 15.4. The average Bonchev–Trinajstić information content (AvgIpc) is 2.56. The topological polar surface area (TPSA) is 61.7 Å². The van der Waals surface area contributed by atoms with Crippen LogP contribution in [-0.2, 0) is 11.2 Å². The van der Waals surface area contributed by atoms with Crippen LogP contribution in [0, 0.1) is 12.8 Å². The van der Waals surface area contributed by atoms with Gasteiger partial charge in [-0.2, -0.15) is 0 Å². The van der Waals surface area contributed by atoms with Gasteiger partial charge in [-0.25, -0.2) is 0 Å². The van der Waals surface area contributed by atoms with Crippen LogP contribution in [0.25, 0.3) is 5.70 Å². The second-order valence-electron chi connectivity index (χ2n) is 8.09. The smallest absolute Gasteiger partial charge is 0.160 e. The Balaban J connectivity index is 2.00. The molecule has 1 aromatic rings. The summed E-state index contributed by atoms with van der Waals surface area (Å²) in [7, 11) is 0. The fraction of sp³-hybridized carbons (Fsp3) is 0.524. The van der Waals surface area contributed by atoms with Gasteiger partial charge in [0.25, 0.3) is 0 Å². The highest BCUT2D eigenvalue weighted by Gasteiger charge is 2.29. The van der Waals surface area contributed by atoms with Gasteiger partial charge in [-0.15, -0.1) is 0 Å². The van der Waals surface area contributed by atoms with E-state index >= 15 is 0 Å². The Bertz CT molecular complexity index is 726. The van der Waals surface area contributed by atoms with Crippen LogP contribution in [0.15, 0.2) is 23.4 Å². The maximum atomic E-state index is 12.8. The van der Waals surface area contributed by atoms with E-state index in [-0.39, 0.29) is 17.2 Å². The minimum atomic E-state index is -0.0926. The number of hydrogen-bond acceptors (Lipinski definition) is 4. The molecule has 134 valence electrons. The lowest BCUT2D eigenvalue weighted by molar-refractivity contribution is -0.119. The zero-order valence-corrected chi connectivity index (χ0v) is 15.4. The summed E-state index contributed by atoms with van der Waals surface area (Å²) < 4.78 is 0. The summed E-state index contributed by atoms with van der Waals surface area (Å²) in [4.78, 5) is 12.8. The number of fused-ring (bicyclic) bond motifs is 1. The highest BCUT2D eigenvalue weighted by atomic mass is 16.4. The number of aryl methyl sites for hydroxylation is 1. The molecule has 0 saturated heterocycles. The lowest BCUT2D eigenvalue weighted by atomic mass is 9.82. The third-order valence-electron chi connectivity index (χ3n) is 5.38. The standard InChI is InChI=1S/C21H28N2O2/c1-14-9-16-12-21(2,3)23-19(18(16)10-17(14)13-22-25)11-20(24)15-7-5-4-6-8-15/h9-11,13,15,23,25H,4-8,12H2,1-3H3/b19-11-,22-13?. The van der Waals surface area contributed by atoms with Gasteiger partial charge in [-0.3, -0.25) is 4.79 Å². The molecule has 0 spiro atoms. The van der Waals surface area contributed by atoms with Crippen molar-refractivity contribution >= 4 is 17.7 Å². The number of ketones is 1. The van der Waals surface area contributed by atoms with Crippen molar-refractivity contribution in [1.82, 2.24) is 5.32 Å². The number of nitrogens with one attached hydrogen (secondary N) is 1. The number of carbonyl (C=O) groups is 1. The summed E-state index contributed by atoms with van der Waals surface area (Å²) in [6.07, 6.45) is 9.74. The molecule has 2 N–H and O–H groups in total. The van der Waals surface area contributed by atoms with Gasteiger partial charge in [0.2, 0.25) is 0 Å². The quantitative estimate of drug-likeness (QED) is 0.375. The number of oxime groups is 1. The molecular formula is C21H28N2O2. The van der Waals surface area contributed by atoms with Crippen LogP contribution in [0.2, 0.25) is 0 Å². The van der Waals surface area contributed by atoms with Gasteiger partial charge in [0, 0.05) is 28.8 Å². The van der Waals surface area contributed by atoms with Crippen LogP contribution in [0.3, 0.4) is 0 Å². The Hall–Kier alpha value is -2.10. The van der Waals surface area contributed by atoms with Crippen molar-refractivity contribution in [3.05, 3.63) is 40.5 Å². The van der Waals surface area contributed by atoms with Gasteiger partial charge in [-0.1, -0.05) is 30.5 Å². The highest BCUT2D eigenvalue weighted by molar-refractivity contribution is 5.99. The number of rotatable bonds is 3. The Morgan fingerprint density at radius 3 is 2.68 bits per heavy atom. The minimum Gasteiger partial charge on any atom is -0.411 e. The average molecular weight is 340 g/mol. The van der Waals surface area contributed by atoms with E-state index in [4.69, 9.17) is 5.21 Å². The molecule has 25 heavy (non-hydrogen) atoms. The third-order valence-corrected chi connectivity index (χ3v) is 5.38. The van der Waals surface area contributed by atoms with E-state index in [2.05, 4.69) is 30.4 Å². The Labute approximate surface area is 150 Å². The molecule has 0 aromatic heterocycles. The van der Waals surface area contributed by atoms with Crippen molar-refractivity contribution in [2.45, 2.75) is 64.8 Å². The first-order chi connectivity index (χ1) is 11.9. The zero-order chi connectivity index (χ0) is 18.0. The molecular weight excluding hydrogens is 312 g/mol. The molecule has 1 aliphatic heterocycles. The predicted molar refractivity (Wildman–Crippen MR) is 101 cm³/mol. The first-order valence-corrected chi connectivity index (χ1v) is 9.25. The van der Waals surface area contributed by atoms with Gasteiger partial charge in [0.1, 0.15) is 0 Å². The lowest BCUT2D eigenvalue weighted by Crippen LogP contribution is -2.44.